The Morgan fingerprint density at radius 2 is 1.39 bits per heavy atom. The van der Waals surface area contributed by atoms with Crippen molar-refractivity contribution in [2.75, 3.05) is 13.2 Å². The van der Waals surface area contributed by atoms with E-state index in [1.807, 2.05) is 0 Å². The molecule has 13 nitrogen and oxygen atoms in total. The lowest BCUT2D eigenvalue weighted by atomic mass is 9.84. The summed E-state index contributed by atoms with van der Waals surface area (Å²) in [6.45, 7) is -0.214. The molecule has 3 aliphatic rings. The van der Waals surface area contributed by atoms with Gasteiger partial charge < -0.3 is 68.0 Å². The third-order valence-corrected chi connectivity index (χ3v) is 6.34. The molecule has 2 aliphatic heterocycles. The number of aliphatic hydroxyl groups excluding tert-OH is 4. The van der Waals surface area contributed by atoms with Gasteiger partial charge in [0.1, 0.15) is 36.6 Å². The predicted octanol–water partition coefficient (Wildman–Crippen LogP) is -5.27. The standard InChI is InChI=1S/C18H37N5O8/c19-4-6-1-2-7(20)17(28-6)30-15-8(21)3-9(22)16(14(15)27)31-18-13(26)11(23)12(25)10(5-24)29-18/h6-18,24-27H,1-5,19-23H2/t6-,7+,8-,9+,10-,11+,12-,13-,14-,15+,16-,17+,18-/m1/s1. The maximum Gasteiger partial charge on any atom is 0.186 e. The van der Waals surface area contributed by atoms with Crippen molar-refractivity contribution in [1.29, 1.82) is 0 Å². The first-order valence-electron chi connectivity index (χ1n) is 10.7. The number of rotatable bonds is 6. The molecule has 0 unspecified atom stereocenters. The smallest absolute Gasteiger partial charge is 0.186 e. The van der Waals surface area contributed by atoms with Crippen LogP contribution in [0.4, 0.5) is 0 Å². The molecule has 3 fully saturated rings. The summed E-state index contributed by atoms with van der Waals surface area (Å²) >= 11 is 0. The van der Waals surface area contributed by atoms with Gasteiger partial charge in [0.05, 0.1) is 24.8 Å². The zero-order valence-corrected chi connectivity index (χ0v) is 17.3. The summed E-state index contributed by atoms with van der Waals surface area (Å²) < 4.78 is 23.0. The molecule has 1 saturated carbocycles. The summed E-state index contributed by atoms with van der Waals surface area (Å²) in [7, 11) is 0. The Kier molecular flexibility index (Phi) is 8.59. The van der Waals surface area contributed by atoms with E-state index < -0.39 is 80.0 Å². The van der Waals surface area contributed by atoms with Crippen LogP contribution in [0, 0.1) is 0 Å². The largest absolute Gasteiger partial charge is 0.394 e. The molecule has 2 heterocycles. The van der Waals surface area contributed by atoms with Crippen LogP contribution in [0.1, 0.15) is 19.3 Å². The Bertz CT molecular complexity index is 577. The van der Waals surface area contributed by atoms with E-state index in [-0.39, 0.29) is 12.5 Å². The maximum absolute atomic E-state index is 11.0. The fourth-order valence-corrected chi connectivity index (χ4v) is 4.36. The van der Waals surface area contributed by atoms with Crippen molar-refractivity contribution < 1.29 is 39.4 Å². The quantitative estimate of drug-likeness (QED) is 0.183. The molecule has 1 aliphatic carbocycles. The van der Waals surface area contributed by atoms with Crippen LogP contribution >= 0.6 is 0 Å². The average molecular weight is 452 g/mol. The highest BCUT2D eigenvalue weighted by Crippen LogP contribution is 2.30. The Morgan fingerprint density at radius 3 is 1.97 bits per heavy atom. The Labute approximate surface area is 180 Å². The summed E-state index contributed by atoms with van der Waals surface area (Å²) in [5.74, 6) is 0. The molecule has 2 saturated heterocycles. The highest BCUT2D eigenvalue weighted by atomic mass is 16.7. The number of ether oxygens (including phenoxy) is 4. The maximum atomic E-state index is 11.0. The minimum Gasteiger partial charge on any atom is -0.394 e. The van der Waals surface area contributed by atoms with Crippen molar-refractivity contribution in [2.24, 2.45) is 28.7 Å². The van der Waals surface area contributed by atoms with Crippen LogP contribution in [-0.2, 0) is 18.9 Å². The first-order chi connectivity index (χ1) is 14.7. The highest BCUT2D eigenvalue weighted by Gasteiger charge is 2.49. The third kappa shape index (κ3) is 5.35. The third-order valence-electron chi connectivity index (χ3n) is 6.34. The fourth-order valence-electron chi connectivity index (χ4n) is 4.36. The zero-order chi connectivity index (χ0) is 22.9. The van der Waals surface area contributed by atoms with Crippen LogP contribution in [-0.4, -0.2) is 113 Å². The monoisotopic (exact) mass is 451 g/mol. The molecular weight excluding hydrogens is 414 g/mol. The van der Waals surface area contributed by atoms with Gasteiger partial charge in [-0.3, -0.25) is 0 Å². The van der Waals surface area contributed by atoms with E-state index in [0.717, 1.165) is 0 Å². The van der Waals surface area contributed by atoms with Crippen molar-refractivity contribution in [3.63, 3.8) is 0 Å². The normalized spacial score (nSPS) is 51.6. The van der Waals surface area contributed by atoms with E-state index >= 15 is 0 Å². The molecule has 0 aromatic heterocycles. The molecule has 13 heteroatoms. The van der Waals surface area contributed by atoms with Crippen LogP contribution < -0.4 is 28.7 Å². The van der Waals surface area contributed by atoms with Gasteiger partial charge in [-0.2, -0.15) is 0 Å². The van der Waals surface area contributed by atoms with Crippen molar-refractivity contribution >= 4 is 0 Å². The molecule has 13 atom stereocenters. The molecule has 0 spiro atoms. The van der Waals surface area contributed by atoms with Crippen LogP contribution in [0.3, 0.4) is 0 Å². The van der Waals surface area contributed by atoms with Crippen molar-refractivity contribution in [2.45, 2.75) is 98.7 Å². The molecule has 182 valence electrons. The Morgan fingerprint density at radius 1 is 0.774 bits per heavy atom. The van der Waals surface area contributed by atoms with Gasteiger partial charge in [-0.15, -0.1) is 0 Å². The lowest BCUT2D eigenvalue weighted by molar-refractivity contribution is -0.313. The second-order valence-corrected chi connectivity index (χ2v) is 8.64. The van der Waals surface area contributed by atoms with Crippen molar-refractivity contribution in [3.8, 4) is 0 Å². The molecule has 3 rings (SSSR count). The van der Waals surface area contributed by atoms with Crippen LogP contribution in [0.25, 0.3) is 0 Å². The number of hydrogen-bond acceptors (Lipinski definition) is 13. The van der Waals surface area contributed by atoms with Gasteiger partial charge in [0, 0.05) is 18.6 Å². The van der Waals surface area contributed by atoms with E-state index in [1.54, 1.807) is 0 Å². The molecule has 14 N–H and O–H groups in total. The number of nitrogens with two attached hydrogens (primary N) is 5. The Balaban J connectivity index is 1.69. The van der Waals surface area contributed by atoms with Gasteiger partial charge in [-0.05, 0) is 19.3 Å². The van der Waals surface area contributed by atoms with E-state index in [4.69, 9.17) is 47.6 Å². The first-order valence-corrected chi connectivity index (χ1v) is 10.7. The lowest BCUT2D eigenvalue weighted by Gasteiger charge is -2.47. The van der Waals surface area contributed by atoms with Gasteiger partial charge in [0.25, 0.3) is 0 Å². The SMILES string of the molecule is NC[C@H]1CC[C@H](N)[C@H](O[C@@H]2[C@@H](O)[C@H](O[C@H]3O[C@H](CO)[C@@H](O)[C@H](N)[C@H]3O)[C@@H](N)C[C@H]2N)O1. The van der Waals surface area contributed by atoms with E-state index in [1.165, 1.54) is 0 Å². The van der Waals surface area contributed by atoms with E-state index in [2.05, 4.69) is 0 Å². The van der Waals surface area contributed by atoms with Gasteiger partial charge in [0.2, 0.25) is 0 Å². The molecule has 0 radical (unpaired) electrons. The topological polar surface area (TPSA) is 248 Å². The van der Waals surface area contributed by atoms with Gasteiger partial charge >= 0.3 is 0 Å². The lowest BCUT2D eigenvalue weighted by Crippen LogP contribution is -2.68. The first kappa shape index (κ1) is 25.1. The zero-order valence-electron chi connectivity index (χ0n) is 17.3. The van der Waals surface area contributed by atoms with Crippen LogP contribution in [0.15, 0.2) is 0 Å². The molecule has 31 heavy (non-hydrogen) atoms. The van der Waals surface area contributed by atoms with Crippen LogP contribution in [0.2, 0.25) is 0 Å². The van der Waals surface area contributed by atoms with Crippen LogP contribution in [0.5, 0.6) is 0 Å². The minimum absolute atomic E-state index is 0.204. The summed E-state index contributed by atoms with van der Waals surface area (Å²) in [5.41, 5.74) is 30.0. The molecule has 0 amide bonds. The number of hydrogen-bond donors (Lipinski definition) is 9. The molecular formula is C18H37N5O8. The van der Waals surface area contributed by atoms with Gasteiger partial charge in [0.15, 0.2) is 12.6 Å². The Hall–Kier alpha value is -0.520. The molecule has 0 bridgehead atoms. The summed E-state index contributed by atoms with van der Waals surface area (Å²) in [6.07, 6.45) is -7.72. The minimum atomic E-state index is -1.41. The predicted molar refractivity (Wildman–Crippen MR) is 107 cm³/mol. The highest BCUT2D eigenvalue weighted by molar-refractivity contribution is 5.00. The number of aliphatic hydroxyl groups is 4. The second-order valence-electron chi connectivity index (χ2n) is 8.64. The van der Waals surface area contributed by atoms with Gasteiger partial charge in [-0.1, -0.05) is 0 Å². The summed E-state index contributed by atoms with van der Waals surface area (Å²) in [5, 5.41) is 40.7. The van der Waals surface area contributed by atoms with E-state index in [0.29, 0.717) is 19.4 Å². The fraction of sp³-hybridized carbons (Fsp3) is 1.00. The average Bonchev–Trinajstić information content (AvgIpc) is 2.75. The molecule has 0 aromatic rings. The molecule has 0 aromatic carbocycles. The second kappa shape index (κ2) is 10.6. The summed E-state index contributed by atoms with van der Waals surface area (Å²) in [6, 6.07) is -2.85. The van der Waals surface area contributed by atoms with Gasteiger partial charge in [-0.25, -0.2) is 0 Å². The van der Waals surface area contributed by atoms with E-state index in [9.17, 15) is 20.4 Å². The van der Waals surface area contributed by atoms with Crippen molar-refractivity contribution in [3.05, 3.63) is 0 Å². The van der Waals surface area contributed by atoms with Crippen molar-refractivity contribution in [1.82, 2.24) is 0 Å². The summed E-state index contributed by atoms with van der Waals surface area (Å²) in [4.78, 5) is 0.